The molecule has 1 amide bonds. The maximum absolute atomic E-state index is 11.9. The van der Waals surface area contributed by atoms with E-state index in [2.05, 4.69) is 22.2 Å². The van der Waals surface area contributed by atoms with Crippen LogP contribution in [0.25, 0.3) is 0 Å². The predicted molar refractivity (Wildman–Crippen MR) is 96.2 cm³/mol. The number of carbonyl (C=O) groups excluding carboxylic acids is 2. The molecule has 0 aliphatic heterocycles. The van der Waals surface area contributed by atoms with E-state index in [0.29, 0.717) is 27.4 Å². The van der Waals surface area contributed by atoms with Crippen molar-refractivity contribution >= 4 is 57.2 Å². The van der Waals surface area contributed by atoms with Crippen LogP contribution in [0.4, 0.5) is 10.8 Å². The summed E-state index contributed by atoms with van der Waals surface area (Å²) in [7, 11) is 0. The summed E-state index contributed by atoms with van der Waals surface area (Å²) in [4.78, 5) is 27.7. The Morgan fingerprint density at radius 2 is 2.17 bits per heavy atom. The molecule has 0 saturated heterocycles. The van der Waals surface area contributed by atoms with Crippen molar-refractivity contribution in [3.63, 3.8) is 0 Å². The lowest BCUT2D eigenvalue weighted by Crippen LogP contribution is -2.21. The predicted octanol–water partition coefficient (Wildman–Crippen LogP) is 3.84. The fourth-order valence-electron chi connectivity index (χ4n) is 1.59. The molecule has 0 fully saturated rings. The Kier molecular flexibility index (Phi) is 6.60. The molecule has 24 heavy (non-hydrogen) atoms. The number of hydrogen-bond acceptors (Lipinski definition) is 6. The number of amides is 1. The van der Waals surface area contributed by atoms with E-state index in [4.69, 9.17) is 27.9 Å². The highest BCUT2D eigenvalue weighted by atomic mass is 35.5. The van der Waals surface area contributed by atoms with Gasteiger partial charge >= 0.3 is 5.97 Å². The van der Waals surface area contributed by atoms with Gasteiger partial charge in [0.25, 0.3) is 5.91 Å². The number of nitrogens with zero attached hydrogens (tertiary/aromatic N) is 1. The molecule has 0 spiro atoms. The number of halogens is 2. The zero-order valence-corrected chi connectivity index (χ0v) is 14.7. The summed E-state index contributed by atoms with van der Waals surface area (Å²) in [5.74, 6) is -1.22. The van der Waals surface area contributed by atoms with Gasteiger partial charge in [0.1, 0.15) is 0 Å². The van der Waals surface area contributed by atoms with Crippen LogP contribution < -0.4 is 10.6 Å². The Labute approximate surface area is 152 Å². The highest BCUT2D eigenvalue weighted by molar-refractivity contribution is 7.13. The monoisotopic (exact) mass is 385 g/mol. The molecule has 1 aromatic heterocycles. The molecule has 126 valence electrons. The van der Waals surface area contributed by atoms with Crippen molar-refractivity contribution in [2.24, 2.45) is 0 Å². The molecule has 0 radical (unpaired) electrons. The largest absolute Gasteiger partial charge is 0.451 e. The number of hydrogen-bond donors (Lipinski definition) is 2. The van der Waals surface area contributed by atoms with Gasteiger partial charge in [0, 0.05) is 16.9 Å². The zero-order chi connectivity index (χ0) is 17.5. The van der Waals surface area contributed by atoms with Gasteiger partial charge in [-0.15, -0.1) is 17.9 Å². The van der Waals surface area contributed by atoms with E-state index in [1.807, 2.05) is 0 Å². The lowest BCUT2D eigenvalue weighted by Gasteiger charge is -2.07. The van der Waals surface area contributed by atoms with E-state index in [-0.39, 0.29) is 5.69 Å². The molecular weight excluding hydrogens is 373 g/mol. The molecule has 0 aliphatic rings. The van der Waals surface area contributed by atoms with Gasteiger partial charge in [0.15, 0.2) is 17.4 Å². The van der Waals surface area contributed by atoms with Crippen molar-refractivity contribution in [1.82, 2.24) is 4.98 Å². The van der Waals surface area contributed by atoms with E-state index in [9.17, 15) is 9.59 Å². The van der Waals surface area contributed by atoms with E-state index in [1.54, 1.807) is 23.6 Å². The van der Waals surface area contributed by atoms with Crippen LogP contribution in [0.3, 0.4) is 0 Å². The van der Waals surface area contributed by atoms with Gasteiger partial charge in [0.2, 0.25) is 0 Å². The third-order valence-electron chi connectivity index (χ3n) is 2.65. The second-order valence-corrected chi connectivity index (χ2v) is 6.16. The molecule has 9 heteroatoms. The quantitative estimate of drug-likeness (QED) is 0.558. The fraction of sp³-hybridized carbons (Fsp3) is 0.133. The number of ether oxygens (including phenoxy) is 1. The molecule has 6 nitrogen and oxygen atoms in total. The SMILES string of the molecule is C=CCNc1nc(C(=O)OCC(=O)Nc2cc(Cl)ccc2Cl)cs1. The normalized spacial score (nSPS) is 10.1. The minimum Gasteiger partial charge on any atom is -0.451 e. The van der Waals surface area contributed by atoms with Gasteiger partial charge < -0.3 is 15.4 Å². The molecule has 2 rings (SSSR count). The molecule has 0 unspecified atom stereocenters. The first-order valence-corrected chi connectivity index (χ1v) is 8.35. The van der Waals surface area contributed by atoms with Crippen molar-refractivity contribution in [2.75, 3.05) is 23.8 Å². The Hall–Kier alpha value is -2.09. The minimum atomic E-state index is -0.690. The van der Waals surface area contributed by atoms with Gasteiger partial charge in [-0.05, 0) is 18.2 Å². The molecule has 0 bridgehead atoms. The Balaban J connectivity index is 1.86. The number of nitrogens with one attached hydrogen (secondary N) is 2. The van der Waals surface area contributed by atoms with Crippen LogP contribution in [0.15, 0.2) is 36.2 Å². The highest BCUT2D eigenvalue weighted by Gasteiger charge is 2.14. The third kappa shape index (κ3) is 5.23. The number of esters is 1. The Morgan fingerprint density at radius 3 is 2.92 bits per heavy atom. The maximum atomic E-state index is 11.9. The van der Waals surface area contributed by atoms with Crippen LogP contribution in [0, 0.1) is 0 Å². The summed E-state index contributed by atoms with van der Waals surface area (Å²) in [5, 5.41) is 8.33. The average molecular weight is 386 g/mol. The van der Waals surface area contributed by atoms with Crippen LogP contribution in [0.5, 0.6) is 0 Å². The number of anilines is 2. The van der Waals surface area contributed by atoms with Crippen LogP contribution >= 0.6 is 34.5 Å². The van der Waals surface area contributed by atoms with Crippen LogP contribution in [0.1, 0.15) is 10.5 Å². The van der Waals surface area contributed by atoms with Crippen molar-refractivity contribution in [3.8, 4) is 0 Å². The topological polar surface area (TPSA) is 80.3 Å². The highest BCUT2D eigenvalue weighted by Crippen LogP contribution is 2.25. The van der Waals surface area contributed by atoms with Crippen molar-refractivity contribution in [1.29, 1.82) is 0 Å². The zero-order valence-electron chi connectivity index (χ0n) is 12.3. The number of thiazole rings is 1. The second kappa shape index (κ2) is 8.68. The molecule has 1 aromatic carbocycles. The van der Waals surface area contributed by atoms with E-state index >= 15 is 0 Å². The van der Waals surface area contributed by atoms with Crippen molar-refractivity contribution in [3.05, 3.63) is 52.0 Å². The lowest BCUT2D eigenvalue weighted by molar-refractivity contribution is -0.119. The van der Waals surface area contributed by atoms with Crippen molar-refractivity contribution in [2.45, 2.75) is 0 Å². The van der Waals surface area contributed by atoms with Crippen LogP contribution in [0.2, 0.25) is 10.0 Å². The maximum Gasteiger partial charge on any atom is 0.358 e. The van der Waals surface area contributed by atoms with Crippen LogP contribution in [-0.2, 0) is 9.53 Å². The first-order chi connectivity index (χ1) is 11.5. The number of benzene rings is 1. The number of carbonyl (C=O) groups is 2. The van der Waals surface area contributed by atoms with E-state index in [0.717, 1.165) is 0 Å². The van der Waals surface area contributed by atoms with Crippen molar-refractivity contribution < 1.29 is 14.3 Å². The molecule has 0 saturated carbocycles. The number of aromatic nitrogens is 1. The minimum absolute atomic E-state index is 0.125. The van der Waals surface area contributed by atoms with E-state index in [1.165, 1.54) is 17.4 Å². The Morgan fingerprint density at radius 1 is 1.38 bits per heavy atom. The van der Waals surface area contributed by atoms with Gasteiger partial charge in [-0.25, -0.2) is 9.78 Å². The summed E-state index contributed by atoms with van der Waals surface area (Å²) >= 11 is 13.0. The summed E-state index contributed by atoms with van der Waals surface area (Å²) in [6.45, 7) is 3.64. The smallest absolute Gasteiger partial charge is 0.358 e. The molecule has 2 N–H and O–H groups in total. The molecule has 0 aliphatic carbocycles. The second-order valence-electron chi connectivity index (χ2n) is 4.46. The standard InChI is InChI=1S/C15H13Cl2N3O3S/c1-2-5-18-15-20-12(8-24-15)14(22)23-7-13(21)19-11-6-9(16)3-4-10(11)17/h2-4,6,8H,1,5,7H2,(H,18,20)(H,19,21). The third-order valence-corrected chi connectivity index (χ3v) is 4.01. The van der Waals surface area contributed by atoms with Gasteiger partial charge in [-0.1, -0.05) is 29.3 Å². The van der Waals surface area contributed by atoms with Crippen LogP contribution in [-0.4, -0.2) is 30.0 Å². The first-order valence-electron chi connectivity index (χ1n) is 6.72. The summed E-state index contributed by atoms with van der Waals surface area (Å²) in [6.07, 6.45) is 1.67. The van der Waals surface area contributed by atoms with Gasteiger partial charge in [-0.3, -0.25) is 4.79 Å². The van der Waals surface area contributed by atoms with Gasteiger partial charge in [0.05, 0.1) is 10.7 Å². The average Bonchev–Trinajstić information content (AvgIpc) is 3.03. The molecule has 0 atom stereocenters. The summed E-state index contributed by atoms with van der Waals surface area (Å²) < 4.78 is 4.92. The van der Waals surface area contributed by atoms with Gasteiger partial charge in [-0.2, -0.15) is 0 Å². The van der Waals surface area contributed by atoms with E-state index < -0.39 is 18.5 Å². The molecular formula is C15H13Cl2N3O3S. The molecule has 1 heterocycles. The number of rotatable bonds is 7. The Bertz CT molecular complexity index is 764. The first kappa shape index (κ1) is 18.3. The lowest BCUT2D eigenvalue weighted by atomic mass is 10.3. The molecule has 2 aromatic rings. The summed E-state index contributed by atoms with van der Waals surface area (Å²) in [5.41, 5.74) is 0.468. The summed E-state index contributed by atoms with van der Waals surface area (Å²) in [6, 6.07) is 4.65. The fourth-order valence-corrected chi connectivity index (χ4v) is 2.62.